The van der Waals surface area contributed by atoms with E-state index in [1.165, 1.54) is 0 Å². The molecule has 0 fully saturated rings. The maximum atomic E-state index is 5.65. The first-order valence-corrected chi connectivity index (χ1v) is 4.32. The van der Waals surface area contributed by atoms with Crippen LogP contribution in [-0.2, 0) is 5.41 Å². The van der Waals surface area contributed by atoms with E-state index >= 15 is 0 Å². The van der Waals surface area contributed by atoms with Crippen molar-refractivity contribution in [2.45, 2.75) is 19.3 Å². The summed E-state index contributed by atoms with van der Waals surface area (Å²) in [4.78, 5) is 4.33. The lowest BCUT2D eigenvalue weighted by molar-refractivity contribution is 0.390. The number of rotatable bonds is 3. The number of pyridine rings is 1. The van der Waals surface area contributed by atoms with Gasteiger partial charge in [0, 0.05) is 18.0 Å². The van der Waals surface area contributed by atoms with Crippen molar-refractivity contribution in [2.75, 3.05) is 13.7 Å². The van der Waals surface area contributed by atoms with E-state index in [1.54, 1.807) is 7.11 Å². The standard InChI is InChI=1S/C10H16N2O/c1-10(2,7-11)8-5-4-6-9(12-8)13-3/h4-6H,7,11H2,1-3H3. The number of nitrogens with zero attached hydrogens (tertiary/aromatic N) is 1. The van der Waals surface area contributed by atoms with Crippen molar-refractivity contribution >= 4 is 0 Å². The van der Waals surface area contributed by atoms with E-state index in [4.69, 9.17) is 10.5 Å². The van der Waals surface area contributed by atoms with Crippen LogP contribution >= 0.6 is 0 Å². The zero-order chi connectivity index (χ0) is 9.90. The molecule has 0 radical (unpaired) electrons. The number of hydrogen-bond donors (Lipinski definition) is 1. The second-order valence-electron chi connectivity index (χ2n) is 3.65. The number of ether oxygens (including phenoxy) is 1. The van der Waals surface area contributed by atoms with Crippen molar-refractivity contribution in [3.63, 3.8) is 0 Å². The molecule has 1 rings (SSSR count). The van der Waals surface area contributed by atoms with Gasteiger partial charge in [0.1, 0.15) is 0 Å². The van der Waals surface area contributed by atoms with Gasteiger partial charge in [-0.15, -0.1) is 0 Å². The van der Waals surface area contributed by atoms with E-state index in [1.807, 2.05) is 18.2 Å². The molecule has 0 aliphatic carbocycles. The van der Waals surface area contributed by atoms with E-state index in [9.17, 15) is 0 Å². The Morgan fingerprint density at radius 2 is 2.15 bits per heavy atom. The molecule has 0 spiro atoms. The average Bonchev–Trinajstić information content (AvgIpc) is 2.18. The molecule has 2 N–H and O–H groups in total. The second-order valence-corrected chi connectivity index (χ2v) is 3.65. The molecular formula is C10H16N2O. The summed E-state index contributed by atoms with van der Waals surface area (Å²) in [5.74, 6) is 0.638. The number of hydrogen-bond acceptors (Lipinski definition) is 3. The maximum Gasteiger partial charge on any atom is 0.213 e. The summed E-state index contributed by atoms with van der Waals surface area (Å²) in [5, 5.41) is 0. The van der Waals surface area contributed by atoms with Gasteiger partial charge in [-0.3, -0.25) is 0 Å². The van der Waals surface area contributed by atoms with Crippen molar-refractivity contribution in [1.29, 1.82) is 0 Å². The number of aromatic nitrogens is 1. The van der Waals surface area contributed by atoms with Gasteiger partial charge in [-0.2, -0.15) is 0 Å². The zero-order valence-electron chi connectivity index (χ0n) is 8.37. The summed E-state index contributed by atoms with van der Waals surface area (Å²) < 4.78 is 5.04. The fourth-order valence-corrected chi connectivity index (χ4v) is 1.01. The Hall–Kier alpha value is -1.09. The van der Waals surface area contributed by atoms with Gasteiger partial charge in [-0.1, -0.05) is 19.9 Å². The minimum Gasteiger partial charge on any atom is -0.481 e. The molecule has 13 heavy (non-hydrogen) atoms. The van der Waals surface area contributed by atoms with Gasteiger partial charge >= 0.3 is 0 Å². The normalized spacial score (nSPS) is 11.4. The third-order valence-corrected chi connectivity index (χ3v) is 2.14. The molecule has 1 aromatic rings. The van der Waals surface area contributed by atoms with Gasteiger partial charge in [-0.05, 0) is 6.07 Å². The third kappa shape index (κ3) is 2.18. The molecule has 0 saturated carbocycles. The maximum absolute atomic E-state index is 5.65. The van der Waals surface area contributed by atoms with Crippen LogP contribution in [0.4, 0.5) is 0 Å². The molecule has 72 valence electrons. The Morgan fingerprint density at radius 1 is 1.46 bits per heavy atom. The Morgan fingerprint density at radius 3 is 2.69 bits per heavy atom. The Balaban J connectivity index is 3.01. The highest BCUT2D eigenvalue weighted by Gasteiger charge is 2.20. The molecule has 0 amide bonds. The van der Waals surface area contributed by atoms with Gasteiger partial charge in [-0.25, -0.2) is 4.98 Å². The SMILES string of the molecule is COc1cccc(C(C)(C)CN)n1. The lowest BCUT2D eigenvalue weighted by Gasteiger charge is -2.21. The highest BCUT2D eigenvalue weighted by Crippen LogP contribution is 2.21. The predicted molar refractivity (Wildman–Crippen MR) is 52.9 cm³/mol. The van der Waals surface area contributed by atoms with Crippen LogP contribution in [-0.4, -0.2) is 18.6 Å². The topological polar surface area (TPSA) is 48.1 Å². The molecule has 1 heterocycles. The molecule has 0 aliphatic heterocycles. The summed E-state index contributed by atoms with van der Waals surface area (Å²) in [7, 11) is 1.61. The monoisotopic (exact) mass is 180 g/mol. The third-order valence-electron chi connectivity index (χ3n) is 2.14. The fraction of sp³-hybridized carbons (Fsp3) is 0.500. The van der Waals surface area contributed by atoms with Crippen LogP contribution in [0.5, 0.6) is 5.88 Å². The molecular weight excluding hydrogens is 164 g/mol. The predicted octanol–water partition coefficient (Wildman–Crippen LogP) is 1.33. The molecule has 0 saturated heterocycles. The highest BCUT2D eigenvalue weighted by molar-refractivity contribution is 5.21. The molecule has 0 bridgehead atoms. The average molecular weight is 180 g/mol. The smallest absolute Gasteiger partial charge is 0.213 e. The number of methoxy groups -OCH3 is 1. The first-order valence-electron chi connectivity index (χ1n) is 4.32. The lowest BCUT2D eigenvalue weighted by Crippen LogP contribution is -2.29. The van der Waals surface area contributed by atoms with Crippen molar-refractivity contribution in [1.82, 2.24) is 4.98 Å². The van der Waals surface area contributed by atoms with E-state index in [-0.39, 0.29) is 5.41 Å². The molecule has 0 aromatic carbocycles. The van der Waals surface area contributed by atoms with Crippen LogP contribution < -0.4 is 10.5 Å². The highest BCUT2D eigenvalue weighted by atomic mass is 16.5. The van der Waals surface area contributed by atoms with E-state index in [0.29, 0.717) is 12.4 Å². The first kappa shape index (κ1) is 9.99. The number of nitrogens with two attached hydrogens (primary N) is 1. The minimum absolute atomic E-state index is 0.0887. The van der Waals surface area contributed by atoms with Crippen molar-refractivity contribution < 1.29 is 4.74 Å². The second kappa shape index (κ2) is 3.75. The van der Waals surface area contributed by atoms with Crippen LogP contribution in [0.3, 0.4) is 0 Å². The fourth-order valence-electron chi connectivity index (χ4n) is 1.01. The van der Waals surface area contributed by atoms with Crippen LogP contribution in [0.1, 0.15) is 19.5 Å². The Kier molecular flexibility index (Phi) is 2.88. The van der Waals surface area contributed by atoms with Gasteiger partial charge < -0.3 is 10.5 Å². The molecule has 0 unspecified atom stereocenters. The quantitative estimate of drug-likeness (QED) is 0.763. The summed E-state index contributed by atoms with van der Waals surface area (Å²) in [5.41, 5.74) is 6.53. The van der Waals surface area contributed by atoms with Crippen LogP contribution in [0.15, 0.2) is 18.2 Å². The molecule has 0 atom stereocenters. The van der Waals surface area contributed by atoms with Crippen LogP contribution in [0.25, 0.3) is 0 Å². The van der Waals surface area contributed by atoms with E-state index < -0.39 is 0 Å². The van der Waals surface area contributed by atoms with Gasteiger partial charge in [0.25, 0.3) is 0 Å². The summed E-state index contributed by atoms with van der Waals surface area (Å²) in [6, 6.07) is 5.73. The van der Waals surface area contributed by atoms with Gasteiger partial charge in [0.05, 0.1) is 12.8 Å². The van der Waals surface area contributed by atoms with Crippen molar-refractivity contribution in [3.8, 4) is 5.88 Å². The van der Waals surface area contributed by atoms with Gasteiger partial charge in [0.15, 0.2) is 0 Å². The zero-order valence-corrected chi connectivity index (χ0v) is 8.37. The van der Waals surface area contributed by atoms with Crippen molar-refractivity contribution in [2.24, 2.45) is 5.73 Å². The molecule has 1 aromatic heterocycles. The molecule has 0 aliphatic rings. The summed E-state index contributed by atoms with van der Waals surface area (Å²) in [6.45, 7) is 4.71. The van der Waals surface area contributed by atoms with Crippen LogP contribution in [0, 0.1) is 0 Å². The summed E-state index contributed by atoms with van der Waals surface area (Å²) >= 11 is 0. The largest absolute Gasteiger partial charge is 0.481 e. The first-order chi connectivity index (χ1) is 6.10. The Bertz CT molecular complexity index is 284. The van der Waals surface area contributed by atoms with E-state index in [0.717, 1.165) is 5.69 Å². The lowest BCUT2D eigenvalue weighted by atomic mass is 9.89. The van der Waals surface area contributed by atoms with E-state index in [2.05, 4.69) is 18.8 Å². The summed E-state index contributed by atoms with van der Waals surface area (Å²) in [6.07, 6.45) is 0. The molecule has 3 nitrogen and oxygen atoms in total. The van der Waals surface area contributed by atoms with Gasteiger partial charge in [0.2, 0.25) is 5.88 Å². The Labute approximate surface area is 78.9 Å². The minimum atomic E-state index is -0.0887. The molecule has 3 heteroatoms. The van der Waals surface area contributed by atoms with Crippen molar-refractivity contribution in [3.05, 3.63) is 23.9 Å². The van der Waals surface area contributed by atoms with Crippen LogP contribution in [0.2, 0.25) is 0 Å².